The highest BCUT2D eigenvalue weighted by Gasteiger charge is 2.25. The van der Waals surface area contributed by atoms with E-state index in [0.717, 1.165) is 51.1 Å². The molecule has 0 spiro atoms. The van der Waals surface area contributed by atoms with Gasteiger partial charge in [-0.2, -0.15) is 0 Å². The molecule has 1 atom stereocenters. The first-order chi connectivity index (χ1) is 15.1. The number of benzene rings is 2. The molecular weight excluding hydrogens is 397 g/mol. The van der Waals surface area contributed by atoms with Crippen LogP contribution in [0, 0.1) is 5.82 Å². The summed E-state index contributed by atoms with van der Waals surface area (Å²) in [6.07, 6.45) is 3.65. The molecule has 4 rings (SSSR count). The van der Waals surface area contributed by atoms with Crippen molar-refractivity contribution >= 4 is 17.5 Å². The van der Waals surface area contributed by atoms with Crippen LogP contribution in [0.2, 0.25) is 0 Å². The van der Waals surface area contributed by atoms with Crippen molar-refractivity contribution in [3.05, 3.63) is 65.5 Å². The standard InChI is InChI=1S/C24H28FN3O3/c25-18-6-3-5-17(15-18)23(29)27-19-10-12-28(13-11-19)22-9-2-1-8-21(22)24(30)26-16-20-7-4-14-31-20/h1-3,5-6,8-9,15,19-20H,4,7,10-14,16H2,(H,26,30)(H,27,29)/t20-/m0/s1. The van der Waals surface area contributed by atoms with Crippen molar-refractivity contribution in [1.82, 2.24) is 10.6 Å². The van der Waals surface area contributed by atoms with Gasteiger partial charge in [-0.1, -0.05) is 18.2 Å². The highest BCUT2D eigenvalue weighted by molar-refractivity contribution is 6.00. The molecular formula is C24H28FN3O3. The summed E-state index contributed by atoms with van der Waals surface area (Å²) in [6.45, 7) is 2.75. The van der Waals surface area contributed by atoms with Crippen LogP contribution in [0.25, 0.3) is 0 Å². The van der Waals surface area contributed by atoms with E-state index in [-0.39, 0.29) is 24.0 Å². The lowest BCUT2D eigenvalue weighted by Gasteiger charge is -2.35. The molecule has 2 saturated heterocycles. The minimum Gasteiger partial charge on any atom is -0.376 e. The predicted molar refractivity (Wildman–Crippen MR) is 117 cm³/mol. The molecule has 0 saturated carbocycles. The third kappa shape index (κ3) is 5.41. The summed E-state index contributed by atoms with van der Waals surface area (Å²) >= 11 is 0. The Morgan fingerprint density at radius 1 is 1.03 bits per heavy atom. The Morgan fingerprint density at radius 2 is 1.84 bits per heavy atom. The van der Waals surface area contributed by atoms with Crippen molar-refractivity contribution in [1.29, 1.82) is 0 Å². The minimum atomic E-state index is -0.420. The summed E-state index contributed by atoms with van der Waals surface area (Å²) < 4.78 is 19.0. The molecule has 2 aromatic carbocycles. The zero-order chi connectivity index (χ0) is 21.6. The van der Waals surface area contributed by atoms with Crippen molar-refractivity contribution in [3.63, 3.8) is 0 Å². The first kappa shape index (κ1) is 21.3. The van der Waals surface area contributed by atoms with Crippen LogP contribution in [0.4, 0.5) is 10.1 Å². The zero-order valence-corrected chi connectivity index (χ0v) is 17.5. The average molecular weight is 426 g/mol. The summed E-state index contributed by atoms with van der Waals surface area (Å²) in [7, 11) is 0. The summed E-state index contributed by atoms with van der Waals surface area (Å²) in [4.78, 5) is 27.4. The largest absolute Gasteiger partial charge is 0.376 e. The molecule has 2 aliphatic heterocycles. The number of nitrogens with one attached hydrogen (secondary N) is 2. The number of piperidine rings is 1. The number of halogens is 1. The number of hydrogen-bond donors (Lipinski definition) is 2. The second-order valence-electron chi connectivity index (χ2n) is 8.11. The van der Waals surface area contributed by atoms with E-state index < -0.39 is 5.82 Å². The minimum absolute atomic E-state index is 0.0209. The Balaban J connectivity index is 1.33. The highest BCUT2D eigenvalue weighted by atomic mass is 19.1. The number of carbonyl (C=O) groups excluding carboxylic acids is 2. The summed E-state index contributed by atoms with van der Waals surface area (Å²) in [5.41, 5.74) is 1.89. The molecule has 6 nitrogen and oxygen atoms in total. The summed E-state index contributed by atoms with van der Waals surface area (Å²) in [5, 5.41) is 6.00. The number of nitrogens with zero attached hydrogens (tertiary/aromatic N) is 1. The van der Waals surface area contributed by atoms with Crippen LogP contribution in [-0.4, -0.2) is 50.2 Å². The highest BCUT2D eigenvalue weighted by Crippen LogP contribution is 2.25. The number of rotatable bonds is 6. The molecule has 0 aliphatic carbocycles. The van der Waals surface area contributed by atoms with Gasteiger partial charge in [0.1, 0.15) is 5.82 Å². The molecule has 0 aromatic heterocycles. The molecule has 0 unspecified atom stereocenters. The monoisotopic (exact) mass is 425 g/mol. The van der Waals surface area contributed by atoms with Crippen molar-refractivity contribution in [3.8, 4) is 0 Å². The van der Waals surface area contributed by atoms with Gasteiger partial charge in [0.25, 0.3) is 11.8 Å². The number of hydrogen-bond acceptors (Lipinski definition) is 4. The number of anilines is 1. The molecule has 2 aliphatic rings. The van der Waals surface area contributed by atoms with Crippen LogP contribution in [-0.2, 0) is 4.74 Å². The molecule has 2 N–H and O–H groups in total. The van der Waals surface area contributed by atoms with Crippen LogP contribution in [0.15, 0.2) is 48.5 Å². The Bertz CT molecular complexity index is 922. The van der Waals surface area contributed by atoms with E-state index >= 15 is 0 Å². The maximum absolute atomic E-state index is 13.4. The van der Waals surface area contributed by atoms with Crippen LogP contribution in [0.3, 0.4) is 0 Å². The molecule has 7 heteroatoms. The van der Waals surface area contributed by atoms with Crippen molar-refractivity contribution in [2.24, 2.45) is 0 Å². The quantitative estimate of drug-likeness (QED) is 0.746. The van der Waals surface area contributed by atoms with Crippen LogP contribution < -0.4 is 15.5 Å². The lowest BCUT2D eigenvalue weighted by molar-refractivity contribution is 0.0858. The molecule has 2 heterocycles. The fourth-order valence-electron chi connectivity index (χ4n) is 4.21. The lowest BCUT2D eigenvalue weighted by atomic mass is 10.0. The summed E-state index contributed by atoms with van der Waals surface area (Å²) in [6, 6.07) is 13.4. The molecule has 2 amide bonds. The molecule has 2 fully saturated rings. The Morgan fingerprint density at radius 3 is 2.58 bits per heavy atom. The van der Waals surface area contributed by atoms with E-state index in [9.17, 15) is 14.0 Å². The number of amides is 2. The maximum Gasteiger partial charge on any atom is 0.253 e. The topological polar surface area (TPSA) is 70.7 Å². The van der Waals surface area contributed by atoms with Crippen molar-refractivity contribution in [2.75, 3.05) is 31.1 Å². The molecule has 164 valence electrons. The fourth-order valence-corrected chi connectivity index (χ4v) is 4.21. The van der Waals surface area contributed by atoms with Gasteiger partial charge in [-0.05, 0) is 56.0 Å². The third-order valence-electron chi connectivity index (χ3n) is 5.92. The van der Waals surface area contributed by atoms with E-state index in [0.29, 0.717) is 17.7 Å². The zero-order valence-electron chi connectivity index (χ0n) is 17.5. The van der Waals surface area contributed by atoms with E-state index in [4.69, 9.17) is 4.74 Å². The van der Waals surface area contributed by atoms with Crippen LogP contribution in [0.1, 0.15) is 46.4 Å². The van der Waals surface area contributed by atoms with Gasteiger partial charge in [0.15, 0.2) is 0 Å². The van der Waals surface area contributed by atoms with E-state index in [1.54, 1.807) is 6.07 Å². The van der Waals surface area contributed by atoms with Gasteiger partial charge >= 0.3 is 0 Å². The second-order valence-corrected chi connectivity index (χ2v) is 8.11. The van der Waals surface area contributed by atoms with E-state index in [2.05, 4.69) is 15.5 Å². The molecule has 31 heavy (non-hydrogen) atoms. The third-order valence-corrected chi connectivity index (χ3v) is 5.92. The number of carbonyl (C=O) groups is 2. The molecule has 2 aromatic rings. The van der Waals surface area contributed by atoms with Gasteiger partial charge in [0.2, 0.25) is 0 Å². The van der Waals surface area contributed by atoms with Crippen molar-refractivity contribution < 1.29 is 18.7 Å². The Hall–Kier alpha value is -2.93. The van der Waals surface area contributed by atoms with Gasteiger partial charge in [-0.3, -0.25) is 9.59 Å². The van der Waals surface area contributed by atoms with E-state index in [1.807, 2.05) is 24.3 Å². The number of ether oxygens (including phenoxy) is 1. The van der Waals surface area contributed by atoms with Gasteiger partial charge in [-0.15, -0.1) is 0 Å². The fraction of sp³-hybridized carbons (Fsp3) is 0.417. The first-order valence-corrected chi connectivity index (χ1v) is 10.9. The maximum atomic E-state index is 13.4. The summed E-state index contributed by atoms with van der Waals surface area (Å²) in [5.74, 6) is -0.767. The van der Waals surface area contributed by atoms with Gasteiger partial charge in [0.05, 0.1) is 11.7 Å². The second kappa shape index (κ2) is 9.92. The number of para-hydroxylation sites is 1. The Labute approximate surface area is 181 Å². The Kier molecular flexibility index (Phi) is 6.82. The molecule has 0 radical (unpaired) electrons. The smallest absolute Gasteiger partial charge is 0.253 e. The molecule has 0 bridgehead atoms. The van der Waals surface area contributed by atoms with Gasteiger partial charge < -0.3 is 20.3 Å². The predicted octanol–water partition coefficient (Wildman–Crippen LogP) is 3.13. The van der Waals surface area contributed by atoms with Gasteiger partial charge in [-0.25, -0.2) is 4.39 Å². The van der Waals surface area contributed by atoms with Gasteiger partial charge in [0, 0.05) is 43.5 Å². The first-order valence-electron chi connectivity index (χ1n) is 10.9. The van der Waals surface area contributed by atoms with Crippen LogP contribution in [0.5, 0.6) is 0 Å². The van der Waals surface area contributed by atoms with E-state index in [1.165, 1.54) is 18.2 Å². The SMILES string of the molecule is O=C(NC1CCN(c2ccccc2C(=O)NC[C@@H]2CCCO2)CC1)c1cccc(F)c1. The lowest BCUT2D eigenvalue weighted by Crippen LogP contribution is -2.45. The van der Waals surface area contributed by atoms with Crippen LogP contribution >= 0.6 is 0 Å². The normalized spacial score (nSPS) is 19.3. The average Bonchev–Trinajstić information content (AvgIpc) is 3.32. The van der Waals surface area contributed by atoms with Crippen molar-refractivity contribution in [2.45, 2.75) is 37.8 Å².